The van der Waals surface area contributed by atoms with E-state index in [0.29, 0.717) is 18.2 Å². The summed E-state index contributed by atoms with van der Waals surface area (Å²) in [6, 6.07) is 9.91. The normalized spacial score (nSPS) is 18.4. The van der Waals surface area contributed by atoms with Gasteiger partial charge in [-0.1, -0.05) is 41.9 Å². The third-order valence-corrected chi connectivity index (χ3v) is 3.43. The van der Waals surface area contributed by atoms with Gasteiger partial charge in [0.2, 0.25) is 5.28 Å². The smallest absolute Gasteiger partial charge is 0.224 e. The van der Waals surface area contributed by atoms with E-state index in [4.69, 9.17) is 27.9 Å². The molecule has 0 amide bonds. The molecule has 0 radical (unpaired) electrons. The van der Waals surface area contributed by atoms with E-state index in [0.717, 1.165) is 16.8 Å². The van der Waals surface area contributed by atoms with E-state index in [2.05, 4.69) is 9.97 Å². The molecule has 0 saturated heterocycles. The molecule has 18 heavy (non-hydrogen) atoms. The predicted molar refractivity (Wildman–Crippen MR) is 70.0 cm³/mol. The molecule has 0 bridgehead atoms. The van der Waals surface area contributed by atoms with Gasteiger partial charge in [-0.3, -0.25) is 0 Å². The van der Waals surface area contributed by atoms with E-state index in [1.54, 1.807) is 0 Å². The molecule has 1 unspecified atom stereocenters. The minimum atomic E-state index is -0.215. The van der Waals surface area contributed by atoms with Crippen LogP contribution in [0.1, 0.15) is 22.9 Å². The SMILES string of the molecule is Clc1nc(Cl)c2c(n1)C(c1ccccc1)OCC2. The average Bonchev–Trinajstić information content (AvgIpc) is 2.39. The summed E-state index contributed by atoms with van der Waals surface area (Å²) in [5.74, 6) is 0. The number of rotatable bonds is 1. The molecule has 3 nitrogen and oxygen atoms in total. The highest BCUT2D eigenvalue weighted by molar-refractivity contribution is 6.32. The van der Waals surface area contributed by atoms with Crippen molar-refractivity contribution < 1.29 is 4.74 Å². The van der Waals surface area contributed by atoms with Crippen LogP contribution in [0, 0.1) is 0 Å². The number of fused-ring (bicyclic) bond motifs is 1. The molecule has 1 atom stereocenters. The van der Waals surface area contributed by atoms with E-state index >= 15 is 0 Å². The van der Waals surface area contributed by atoms with Crippen LogP contribution >= 0.6 is 23.2 Å². The topological polar surface area (TPSA) is 35.0 Å². The van der Waals surface area contributed by atoms with Crippen molar-refractivity contribution in [2.45, 2.75) is 12.5 Å². The van der Waals surface area contributed by atoms with E-state index < -0.39 is 0 Å². The summed E-state index contributed by atoms with van der Waals surface area (Å²) in [4.78, 5) is 8.26. The van der Waals surface area contributed by atoms with E-state index in [-0.39, 0.29) is 11.4 Å². The standard InChI is InChI=1S/C13H10Cl2N2O/c14-12-9-6-7-18-11(8-4-2-1-3-5-8)10(9)16-13(15)17-12/h1-5,11H,6-7H2. The lowest BCUT2D eigenvalue weighted by Gasteiger charge is -2.25. The number of hydrogen-bond donors (Lipinski definition) is 0. The van der Waals surface area contributed by atoms with E-state index in [1.807, 2.05) is 30.3 Å². The van der Waals surface area contributed by atoms with Gasteiger partial charge in [-0.15, -0.1) is 0 Å². The first-order chi connectivity index (χ1) is 8.75. The van der Waals surface area contributed by atoms with Gasteiger partial charge in [0.25, 0.3) is 0 Å². The average molecular weight is 281 g/mol. The Morgan fingerprint density at radius 3 is 2.67 bits per heavy atom. The molecule has 92 valence electrons. The quantitative estimate of drug-likeness (QED) is 0.593. The van der Waals surface area contributed by atoms with Crippen LogP contribution < -0.4 is 0 Å². The number of hydrogen-bond acceptors (Lipinski definition) is 3. The van der Waals surface area contributed by atoms with Crippen LogP contribution in [-0.4, -0.2) is 16.6 Å². The molecule has 0 fully saturated rings. The van der Waals surface area contributed by atoms with Crippen LogP contribution in [0.2, 0.25) is 10.4 Å². The summed E-state index contributed by atoms with van der Waals surface area (Å²) in [7, 11) is 0. The number of nitrogens with zero attached hydrogens (tertiary/aromatic N) is 2. The Kier molecular flexibility index (Phi) is 3.20. The molecule has 1 aromatic heterocycles. The highest BCUT2D eigenvalue weighted by atomic mass is 35.5. The highest BCUT2D eigenvalue weighted by Gasteiger charge is 2.27. The van der Waals surface area contributed by atoms with Crippen LogP contribution in [0.5, 0.6) is 0 Å². The molecule has 1 aliphatic heterocycles. The highest BCUT2D eigenvalue weighted by Crippen LogP contribution is 2.34. The lowest BCUT2D eigenvalue weighted by atomic mass is 9.99. The van der Waals surface area contributed by atoms with Gasteiger partial charge in [0.05, 0.1) is 12.3 Å². The van der Waals surface area contributed by atoms with Gasteiger partial charge in [-0.2, -0.15) is 0 Å². The van der Waals surface area contributed by atoms with Gasteiger partial charge >= 0.3 is 0 Å². The molecule has 0 aliphatic carbocycles. The zero-order valence-corrected chi connectivity index (χ0v) is 10.9. The number of ether oxygens (including phenoxy) is 1. The molecule has 0 saturated carbocycles. The molecule has 0 N–H and O–H groups in total. The van der Waals surface area contributed by atoms with Crippen molar-refractivity contribution in [1.82, 2.24) is 9.97 Å². The van der Waals surface area contributed by atoms with Crippen molar-refractivity contribution in [1.29, 1.82) is 0 Å². The number of halogens is 2. The third-order valence-electron chi connectivity index (χ3n) is 2.95. The zero-order valence-electron chi connectivity index (χ0n) is 9.44. The van der Waals surface area contributed by atoms with Crippen LogP contribution in [-0.2, 0) is 11.2 Å². The molecule has 0 spiro atoms. The number of benzene rings is 1. The summed E-state index contributed by atoms with van der Waals surface area (Å²) < 4.78 is 5.79. The van der Waals surface area contributed by atoms with Crippen molar-refractivity contribution in [2.75, 3.05) is 6.61 Å². The first kappa shape index (κ1) is 11.9. The van der Waals surface area contributed by atoms with Crippen molar-refractivity contribution in [3.8, 4) is 0 Å². The van der Waals surface area contributed by atoms with Gasteiger partial charge in [0.15, 0.2) is 0 Å². The largest absolute Gasteiger partial charge is 0.367 e. The van der Waals surface area contributed by atoms with Crippen LogP contribution in [0.4, 0.5) is 0 Å². The molecule has 5 heteroatoms. The molecular formula is C13H10Cl2N2O. The first-order valence-corrected chi connectivity index (χ1v) is 6.39. The number of aromatic nitrogens is 2. The maximum absolute atomic E-state index is 6.11. The van der Waals surface area contributed by atoms with Gasteiger partial charge in [0, 0.05) is 12.0 Å². The van der Waals surface area contributed by atoms with Gasteiger partial charge in [-0.05, 0) is 17.2 Å². The molecular weight excluding hydrogens is 271 g/mol. The lowest BCUT2D eigenvalue weighted by molar-refractivity contribution is 0.0662. The van der Waals surface area contributed by atoms with Crippen LogP contribution in [0.15, 0.2) is 30.3 Å². The first-order valence-electron chi connectivity index (χ1n) is 5.64. The van der Waals surface area contributed by atoms with Crippen molar-refractivity contribution in [2.24, 2.45) is 0 Å². The van der Waals surface area contributed by atoms with Gasteiger partial charge < -0.3 is 4.74 Å². The van der Waals surface area contributed by atoms with Gasteiger partial charge in [-0.25, -0.2) is 9.97 Å². The summed E-state index contributed by atoms with van der Waals surface area (Å²) in [5.41, 5.74) is 2.75. The second-order valence-corrected chi connectivity index (χ2v) is 4.75. The predicted octanol–water partition coefficient (Wildman–Crippen LogP) is 3.45. The van der Waals surface area contributed by atoms with Crippen LogP contribution in [0.25, 0.3) is 0 Å². The summed E-state index contributed by atoms with van der Waals surface area (Å²) >= 11 is 12.0. The fourth-order valence-corrected chi connectivity index (χ4v) is 2.62. The second-order valence-electron chi connectivity index (χ2n) is 4.06. The minimum Gasteiger partial charge on any atom is -0.367 e. The van der Waals surface area contributed by atoms with E-state index in [1.165, 1.54) is 0 Å². The minimum absolute atomic E-state index is 0.158. The Balaban J connectivity index is 2.12. The maximum Gasteiger partial charge on any atom is 0.224 e. The Hall–Kier alpha value is -1.16. The monoisotopic (exact) mass is 280 g/mol. The third kappa shape index (κ3) is 2.09. The molecule has 3 rings (SSSR count). The van der Waals surface area contributed by atoms with E-state index in [9.17, 15) is 0 Å². The van der Waals surface area contributed by atoms with Crippen molar-refractivity contribution >= 4 is 23.2 Å². The lowest BCUT2D eigenvalue weighted by Crippen LogP contribution is -2.20. The van der Waals surface area contributed by atoms with Crippen LogP contribution in [0.3, 0.4) is 0 Å². The summed E-state index contributed by atoms with van der Waals surface area (Å²) in [6.07, 6.45) is 0.502. The Labute approximate surface area is 115 Å². The fraction of sp³-hybridized carbons (Fsp3) is 0.231. The molecule has 2 aromatic rings. The van der Waals surface area contributed by atoms with Crippen molar-refractivity contribution in [3.63, 3.8) is 0 Å². The fourth-order valence-electron chi connectivity index (χ4n) is 2.13. The Bertz CT molecular complexity index is 575. The molecule has 2 heterocycles. The van der Waals surface area contributed by atoms with Crippen molar-refractivity contribution in [3.05, 3.63) is 57.6 Å². The summed E-state index contributed by atoms with van der Waals surface area (Å²) in [5, 5.41) is 0.583. The molecule has 1 aromatic carbocycles. The summed E-state index contributed by atoms with van der Waals surface area (Å²) in [6.45, 7) is 0.608. The maximum atomic E-state index is 6.11. The molecule has 1 aliphatic rings. The Morgan fingerprint density at radius 1 is 1.11 bits per heavy atom. The Morgan fingerprint density at radius 2 is 1.89 bits per heavy atom. The van der Waals surface area contributed by atoms with Gasteiger partial charge in [0.1, 0.15) is 11.3 Å². The zero-order chi connectivity index (χ0) is 12.5. The second kappa shape index (κ2) is 4.84.